The number of imide groups is 1. The SMILES string of the molecule is COP(=O)(OC)[C@@H](CCN1C(=O)c2cccc3cccc(c23)C1=O)NC(CC(C)C)C(=O)O. The molecule has 2 amide bonds. The Balaban J connectivity index is 1.88. The molecule has 0 aromatic heterocycles. The summed E-state index contributed by atoms with van der Waals surface area (Å²) in [5.74, 6) is -2.99. The van der Waals surface area contributed by atoms with E-state index in [0.29, 0.717) is 16.5 Å². The van der Waals surface area contributed by atoms with Crippen LogP contribution < -0.4 is 5.32 Å². The Hall–Kier alpha value is -2.58. The Morgan fingerprint density at radius 3 is 2.06 bits per heavy atom. The van der Waals surface area contributed by atoms with Crippen LogP contribution >= 0.6 is 7.60 Å². The molecule has 0 aliphatic carbocycles. The summed E-state index contributed by atoms with van der Waals surface area (Å²) in [5.41, 5.74) is 0.828. The monoisotopic (exact) mass is 476 g/mol. The number of hydrogen-bond acceptors (Lipinski definition) is 7. The summed E-state index contributed by atoms with van der Waals surface area (Å²) in [4.78, 5) is 39.2. The first-order chi connectivity index (χ1) is 15.6. The fourth-order valence-corrected chi connectivity index (χ4v) is 5.59. The van der Waals surface area contributed by atoms with Gasteiger partial charge in [-0.3, -0.25) is 29.2 Å². The molecule has 1 heterocycles. The Bertz CT molecular complexity index is 1060. The molecule has 3 rings (SSSR count). The van der Waals surface area contributed by atoms with Crippen LogP contribution in [0.4, 0.5) is 0 Å². The highest BCUT2D eigenvalue weighted by Gasteiger charge is 2.39. The number of carboxylic acids is 1. The van der Waals surface area contributed by atoms with Gasteiger partial charge < -0.3 is 14.2 Å². The molecule has 0 radical (unpaired) electrons. The van der Waals surface area contributed by atoms with E-state index in [1.165, 1.54) is 14.2 Å². The second-order valence-electron chi connectivity index (χ2n) is 8.37. The van der Waals surface area contributed by atoms with Gasteiger partial charge in [-0.15, -0.1) is 0 Å². The molecule has 1 unspecified atom stereocenters. The van der Waals surface area contributed by atoms with Crippen LogP contribution in [-0.2, 0) is 18.4 Å². The Morgan fingerprint density at radius 2 is 1.61 bits per heavy atom. The summed E-state index contributed by atoms with van der Waals surface area (Å²) in [7, 11) is -1.34. The van der Waals surface area contributed by atoms with Crippen molar-refractivity contribution in [2.45, 2.75) is 38.5 Å². The van der Waals surface area contributed by atoms with Crippen LogP contribution in [0.2, 0.25) is 0 Å². The summed E-state index contributed by atoms with van der Waals surface area (Å²) in [6, 6.07) is 9.52. The minimum Gasteiger partial charge on any atom is -0.480 e. The van der Waals surface area contributed by atoms with Crippen molar-refractivity contribution in [2.75, 3.05) is 20.8 Å². The Morgan fingerprint density at radius 1 is 1.06 bits per heavy atom. The maximum absolute atomic E-state index is 13.2. The minimum absolute atomic E-state index is 0.0174. The highest BCUT2D eigenvalue weighted by Crippen LogP contribution is 2.52. The maximum atomic E-state index is 13.2. The number of benzene rings is 2. The number of carbonyl (C=O) groups is 3. The van der Waals surface area contributed by atoms with Crippen LogP contribution in [0.15, 0.2) is 36.4 Å². The third kappa shape index (κ3) is 5.01. The largest absolute Gasteiger partial charge is 0.480 e. The van der Waals surface area contributed by atoms with Crippen LogP contribution in [0, 0.1) is 5.92 Å². The number of hydrogen-bond donors (Lipinski definition) is 2. The Labute approximate surface area is 192 Å². The van der Waals surface area contributed by atoms with E-state index in [1.54, 1.807) is 24.3 Å². The summed E-state index contributed by atoms with van der Waals surface area (Å²) in [6.07, 6.45) is 0.271. The molecule has 1 aliphatic heterocycles. The lowest BCUT2D eigenvalue weighted by Crippen LogP contribution is -2.47. The second kappa shape index (κ2) is 10.1. The van der Waals surface area contributed by atoms with Gasteiger partial charge in [0.05, 0.1) is 0 Å². The third-order valence-corrected chi connectivity index (χ3v) is 7.96. The number of carboxylic acid groups (broad SMARTS) is 1. The summed E-state index contributed by atoms with van der Waals surface area (Å²) >= 11 is 0. The summed E-state index contributed by atoms with van der Waals surface area (Å²) in [6.45, 7) is 3.66. The van der Waals surface area contributed by atoms with Crippen molar-refractivity contribution in [3.05, 3.63) is 47.5 Å². The molecule has 2 aromatic rings. The van der Waals surface area contributed by atoms with E-state index >= 15 is 0 Å². The molecule has 0 bridgehead atoms. The molecule has 2 atom stereocenters. The molecule has 10 heteroatoms. The zero-order valence-corrected chi connectivity index (χ0v) is 20.0. The summed E-state index contributed by atoms with van der Waals surface area (Å²) < 4.78 is 23.4. The normalized spacial score (nSPS) is 15.8. The lowest BCUT2D eigenvalue weighted by atomic mass is 9.94. The molecule has 0 saturated carbocycles. The van der Waals surface area contributed by atoms with Gasteiger partial charge in [-0.25, -0.2) is 0 Å². The molecule has 0 spiro atoms. The number of carbonyl (C=O) groups excluding carboxylic acids is 2. The number of nitrogens with zero attached hydrogens (tertiary/aromatic N) is 1. The number of aliphatic carboxylic acids is 1. The van der Waals surface area contributed by atoms with Crippen molar-refractivity contribution in [1.82, 2.24) is 10.2 Å². The smallest absolute Gasteiger partial charge is 0.346 e. The molecule has 0 saturated heterocycles. The highest BCUT2D eigenvalue weighted by atomic mass is 31.2. The van der Waals surface area contributed by atoms with Crippen molar-refractivity contribution in [2.24, 2.45) is 5.92 Å². The quantitative estimate of drug-likeness (QED) is 0.372. The minimum atomic E-state index is -3.77. The predicted octanol–water partition coefficient (Wildman–Crippen LogP) is 3.73. The average Bonchev–Trinajstić information content (AvgIpc) is 2.79. The van der Waals surface area contributed by atoms with Crippen molar-refractivity contribution >= 4 is 36.2 Å². The highest BCUT2D eigenvalue weighted by molar-refractivity contribution is 7.54. The molecule has 2 aromatic carbocycles. The van der Waals surface area contributed by atoms with Crippen molar-refractivity contribution in [3.63, 3.8) is 0 Å². The maximum Gasteiger partial charge on any atom is 0.346 e. The molecular weight excluding hydrogens is 447 g/mol. The van der Waals surface area contributed by atoms with E-state index in [2.05, 4.69) is 5.32 Å². The standard InChI is InChI=1S/C23H29N2O7P/c1-14(2)13-18(23(28)29)24-19(33(30,31-3)32-4)11-12-25-21(26)16-9-5-7-15-8-6-10-17(20(15)16)22(25)27/h5-10,14,18-19,24H,11-13H2,1-4H3,(H,28,29)/t18?,19-/m0/s1. The van der Waals surface area contributed by atoms with Gasteiger partial charge in [0.2, 0.25) is 0 Å². The number of amides is 2. The zero-order chi connectivity index (χ0) is 24.3. The van der Waals surface area contributed by atoms with Crippen LogP contribution in [0.25, 0.3) is 10.8 Å². The fourth-order valence-electron chi connectivity index (χ4n) is 4.14. The summed E-state index contributed by atoms with van der Waals surface area (Å²) in [5, 5.41) is 13.9. The van der Waals surface area contributed by atoms with Crippen molar-refractivity contribution in [3.8, 4) is 0 Å². The second-order valence-corrected chi connectivity index (χ2v) is 10.8. The van der Waals surface area contributed by atoms with E-state index < -0.39 is 37.2 Å². The topological polar surface area (TPSA) is 122 Å². The van der Waals surface area contributed by atoms with E-state index in [-0.39, 0.29) is 25.3 Å². The van der Waals surface area contributed by atoms with Gasteiger partial charge in [-0.2, -0.15) is 0 Å². The molecule has 2 N–H and O–H groups in total. The van der Waals surface area contributed by atoms with Gasteiger partial charge in [0.15, 0.2) is 0 Å². The lowest BCUT2D eigenvalue weighted by molar-refractivity contribution is -0.140. The Kier molecular flexibility index (Phi) is 7.69. The third-order valence-electron chi connectivity index (χ3n) is 5.77. The number of rotatable bonds is 11. The van der Waals surface area contributed by atoms with Gasteiger partial charge in [0, 0.05) is 37.3 Å². The lowest BCUT2D eigenvalue weighted by Gasteiger charge is -2.32. The van der Waals surface area contributed by atoms with Gasteiger partial charge >= 0.3 is 13.6 Å². The molecule has 9 nitrogen and oxygen atoms in total. The average molecular weight is 476 g/mol. The molecule has 178 valence electrons. The predicted molar refractivity (Wildman–Crippen MR) is 123 cm³/mol. The first-order valence-corrected chi connectivity index (χ1v) is 12.3. The molecule has 33 heavy (non-hydrogen) atoms. The first kappa shape index (κ1) is 25.1. The van der Waals surface area contributed by atoms with Crippen molar-refractivity contribution < 1.29 is 33.1 Å². The van der Waals surface area contributed by atoms with Gasteiger partial charge in [-0.1, -0.05) is 38.1 Å². The molecule has 1 aliphatic rings. The van der Waals surface area contributed by atoms with E-state index in [1.807, 2.05) is 26.0 Å². The van der Waals surface area contributed by atoms with Crippen LogP contribution in [-0.4, -0.2) is 60.4 Å². The zero-order valence-electron chi connectivity index (χ0n) is 19.1. The van der Waals surface area contributed by atoms with Crippen molar-refractivity contribution in [1.29, 1.82) is 0 Å². The number of nitrogens with one attached hydrogen (secondary N) is 1. The van der Waals surface area contributed by atoms with Crippen LogP contribution in [0.1, 0.15) is 47.4 Å². The van der Waals surface area contributed by atoms with Gasteiger partial charge in [0.1, 0.15) is 11.8 Å². The molecular formula is C23H29N2O7P. The van der Waals surface area contributed by atoms with Gasteiger partial charge in [-0.05, 0) is 36.3 Å². The van der Waals surface area contributed by atoms with E-state index in [0.717, 1.165) is 10.3 Å². The fraction of sp³-hybridized carbons (Fsp3) is 0.435. The molecule has 0 fully saturated rings. The van der Waals surface area contributed by atoms with Gasteiger partial charge in [0.25, 0.3) is 11.8 Å². The van der Waals surface area contributed by atoms with E-state index in [4.69, 9.17) is 9.05 Å². The van der Waals surface area contributed by atoms with E-state index in [9.17, 15) is 24.1 Å². The van der Waals surface area contributed by atoms with Crippen LogP contribution in [0.3, 0.4) is 0 Å². The van der Waals surface area contributed by atoms with Crippen LogP contribution in [0.5, 0.6) is 0 Å². The first-order valence-electron chi connectivity index (χ1n) is 10.7.